The van der Waals surface area contributed by atoms with Crippen LogP contribution in [0.1, 0.15) is 61.3 Å². The molecule has 0 atom stereocenters. The monoisotopic (exact) mass is 374 g/mol. The van der Waals surface area contributed by atoms with Crippen molar-refractivity contribution in [2.45, 2.75) is 51.5 Å². The molecule has 2 N–H and O–H groups in total. The molecule has 0 radical (unpaired) electrons. The Bertz CT molecular complexity index is 817. The maximum Gasteiger partial charge on any atom is 0.290 e. The third kappa shape index (κ3) is 4.43. The first-order chi connectivity index (χ1) is 12.2. The van der Waals surface area contributed by atoms with Crippen LogP contribution in [0.15, 0.2) is 30.3 Å². The molecule has 0 spiro atoms. The Morgan fingerprint density at radius 2 is 1.85 bits per heavy atom. The van der Waals surface area contributed by atoms with E-state index in [1.807, 2.05) is 10.7 Å². The summed E-state index contributed by atoms with van der Waals surface area (Å²) in [5.41, 5.74) is 6.88. The number of hydrogen-bond donors (Lipinski definition) is 2. The van der Waals surface area contributed by atoms with Gasteiger partial charge >= 0.3 is 0 Å². The molecule has 2 aromatic rings. The number of nitrogens with zero attached hydrogens (tertiary/aromatic N) is 2. The van der Waals surface area contributed by atoms with Crippen LogP contribution >= 0.6 is 11.6 Å². The molecule has 0 aliphatic heterocycles. The summed E-state index contributed by atoms with van der Waals surface area (Å²) >= 11 is 5.83. The second-order valence-electron chi connectivity index (χ2n) is 7.62. The van der Waals surface area contributed by atoms with Gasteiger partial charge in [-0.3, -0.25) is 25.1 Å². The van der Waals surface area contributed by atoms with Crippen LogP contribution in [0.4, 0.5) is 0 Å². The predicted molar refractivity (Wildman–Crippen MR) is 100.0 cm³/mol. The first-order valence-corrected chi connectivity index (χ1v) is 9.06. The van der Waals surface area contributed by atoms with E-state index in [4.69, 9.17) is 11.6 Å². The molecule has 26 heavy (non-hydrogen) atoms. The van der Waals surface area contributed by atoms with Crippen molar-refractivity contribution in [1.82, 2.24) is 20.6 Å². The third-order valence-corrected chi connectivity index (χ3v) is 4.45. The smallest absolute Gasteiger partial charge is 0.273 e. The summed E-state index contributed by atoms with van der Waals surface area (Å²) in [6, 6.07) is 8.82. The Hall–Kier alpha value is -2.34. The summed E-state index contributed by atoms with van der Waals surface area (Å²) in [6.45, 7) is 6.17. The van der Waals surface area contributed by atoms with Crippen molar-refractivity contribution < 1.29 is 9.59 Å². The van der Waals surface area contributed by atoms with Gasteiger partial charge in [0.05, 0.1) is 12.0 Å². The molecular weight excluding hydrogens is 352 g/mol. The maximum atomic E-state index is 12.4. The summed E-state index contributed by atoms with van der Waals surface area (Å²) < 4.78 is 1.91. The molecule has 0 unspecified atom stereocenters. The highest BCUT2D eigenvalue weighted by molar-refractivity contribution is 6.30. The maximum absolute atomic E-state index is 12.4. The number of hydrazine groups is 1. The largest absolute Gasteiger partial charge is 0.290 e. The second-order valence-corrected chi connectivity index (χ2v) is 8.05. The van der Waals surface area contributed by atoms with Crippen LogP contribution in [-0.4, -0.2) is 21.6 Å². The summed E-state index contributed by atoms with van der Waals surface area (Å²) in [5, 5.41) is 5.07. The Kier molecular flexibility index (Phi) is 5.05. The van der Waals surface area contributed by atoms with Crippen molar-refractivity contribution in [1.29, 1.82) is 0 Å². The number of rotatable bonds is 4. The Morgan fingerprint density at radius 1 is 1.19 bits per heavy atom. The predicted octanol–water partition coefficient (Wildman–Crippen LogP) is 3.17. The van der Waals surface area contributed by atoms with Gasteiger partial charge in [0.1, 0.15) is 0 Å². The zero-order valence-corrected chi connectivity index (χ0v) is 15.9. The summed E-state index contributed by atoms with van der Waals surface area (Å²) in [6.07, 6.45) is 2.41. The van der Waals surface area contributed by atoms with E-state index >= 15 is 0 Å². The van der Waals surface area contributed by atoms with Crippen molar-refractivity contribution in [3.8, 4) is 0 Å². The zero-order chi connectivity index (χ0) is 18.9. The molecule has 1 aromatic heterocycles. The van der Waals surface area contributed by atoms with Gasteiger partial charge in [0.2, 0.25) is 5.91 Å². The quantitative estimate of drug-likeness (QED) is 0.807. The number of benzene rings is 1. The van der Waals surface area contributed by atoms with Crippen LogP contribution in [0.2, 0.25) is 5.02 Å². The number of aromatic nitrogens is 2. The lowest BCUT2D eigenvalue weighted by atomic mass is 10.1. The molecule has 1 aliphatic rings. The minimum Gasteiger partial charge on any atom is -0.273 e. The van der Waals surface area contributed by atoms with Crippen molar-refractivity contribution in [2.24, 2.45) is 0 Å². The zero-order valence-electron chi connectivity index (χ0n) is 15.2. The van der Waals surface area contributed by atoms with Gasteiger partial charge in [0, 0.05) is 16.6 Å². The highest BCUT2D eigenvalue weighted by Crippen LogP contribution is 2.41. The van der Waals surface area contributed by atoms with E-state index < -0.39 is 5.91 Å². The van der Waals surface area contributed by atoms with Crippen LogP contribution in [0.5, 0.6) is 0 Å². The van der Waals surface area contributed by atoms with E-state index in [1.165, 1.54) is 0 Å². The van der Waals surface area contributed by atoms with Gasteiger partial charge in [0.15, 0.2) is 5.69 Å². The Morgan fingerprint density at radius 3 is 2.42 bits per heavy atom. The molecule has 138 valence electrons. The molecule has 1 saturated carbocycles. The van der Waals surface area contributed by atoms with Crippen molar-refractivity contribution in [3.63, 3.8) is 0 Å². The fraction of sp³-hybridized carbons (Fsp3) is 0.421. The molecule has 7 heteroatoms. The number of carbonyl (C=O) groups is 2. The van der Waals surface area contributed by atoms with E-state index in [0.29, 0.717) is 16.6 Å². The van der Waals surface area contributed by atoms with E-state index in [0.717, 1.165) is 24.1 Å². The lowest BCUT2D eigenvalue weighted by Gasteiger charge is -2.22. The standard InChI is InChI=1S/C19H23ClN4O2/c1-19(2,3)24-16(13-6-7-13)11-15(23-24)18(26)22-21-17(25)10-12-4-8-14(20)9-5-12/h4-5,8-9,11,13H,6-7,10H2,1-3H3,(H,21,25)(H,22,26). The topological polar surface area (TPSA) is 76.0 Å². The van der Waals surface area contributed by atoms with Gasteiger partial charge in [-0.25, -0.2) is 0 Å². The molecule has 1 aromatic carbocycles. The van der Waals surface area contributed by atoms with E-state index in [1.54, 1.807) is 24.3 Å². The minimum absolute atomic E-state index is 0.154. The van der Waals surface area contributed by atoms with Crippen LogP contribution < -0.4 is 10.9 Å². The van der Waals surface area contributed by atoms with Crippen LogP contribution in [0.25, 0.3) is 0 Å². The van der Waals surface area contributed by atoms with E-state index in [9.17, 15) is 9.59 Å². The SMILES string of the molecule is CC(C)(C)n1nc(C(=O)NNC(=O)Cc2ccc(Cl)cc2)cc1C1CC1. The van der Waals surface area contributed by atoms with E-state index in [2.05, 4.69) is 36.7 Å². The number of nitrogens with one attached hydrogen (secondary N) is 2. The molecular formula is C19H23ClN4O2. The fourth-order valence-corrected chi connectivity index (χ4v) is 2.86. The lowest BCUT2D eigenvalue weighted by molar-refractivity contribution is -0.121. The molecule has 3 rings (SSSR count). The average molecular weight is 375 g/mol. The van der Waals surface area contributed by atoms with Crippen LogP contribution in [0, 0.1) is 0 Å². The van der Waals surface area contributed by atoms with Gasteiger partial charge in [-0.2, -0.15) is 5.10 Å². The number of halogens is 1. The van der Waals surface area contributed by atoms with Gasteiger partial charge in [-0.05, 0) is 57.4 Å². The second kappa shape index (κ2) is 7.11. The highest BCUT2D eigenvalue weighted by Gasteiger charge is 2.32. The molecule has 6 nitrogen and oxygen atoms in total. The van der Waals surface area contributed by atoms with Crippen molar-refractivity contribution >= 4 is 23.4 Å². The van der Waals surface area contributed by atoms with Crippen LogP contribution in [-0.2, 0) is 16.8 Å². The summed E-state index contributed by atoms with van der Waals surface area (Å²) in [7, 11) is 0. The van der Waals surface area contributed by atoms with Crippen molar-refractivity contribution in [3.05, 3.63) is 52.3 Å². The number of hydrogen-bond acceptors (Lipinski definition) is 3. The van der Waals surface area contributed by atoms with Gasteiger partial charge in [-0.15, -0.1) is 0 Å². The van der Waals surface area contributed by atoms with Crippen molar-refractivity contribution in [2.75, 3.05) is 0 Å². The van der Waals surface area contributed by atoms with Gasteiger partial charge < -0.3 is 0 Å². The number of carbonyl (C=O) groups excluding carboxylic acids is 2. The third-order valence-electron chi connectivity index (χ3n) is 4.19. The molecule has 0 bridgehead atoms. The first kappa shape index (κ1) is 18.5. The Balaban J connectivity index is 1.61. The van der Waals surface area contributed by atoms with E-state index in [-0.39, 0.29) is 17.9 Å². The van der Waals surface area contributed by atoms with Gasteiger partial charge in [0.25, 0.3) is 5.91 Å². The number of amides is 2. The fourth-order valence-electron chi connectivity index (χ4n) is 2.74. The average Bonchev–Trinajstić information content (AvgIpc) is 3.31. The molecule has 1 heterocycles. The summed E-state index contributed by atoms with van der Waals surface area (Å²) in [5.74, 6) is -0.250. The summed E-state index contributed by atoms with van der Waals surface area (Å²) in [4.78, 5) is 24.4. The molecule has 1 aliphatic carbocycles. The van der Waals surface area contributed by atoms with Crippen LogP contribution in [0.3, 0.4) is 0 Å². The molecule has 1 fully saturated rings. The highest BCUT2D eigenvalue weighted by atomic mass is 35.5. The normalized spacial score (nSPS) is 14.2. The Labute approximate surface area is 157 Å². The van der Waals surface area contributed by atoms with Gasteiger partial charge in [-0.1, -0.05) is 23.7 Å². The molecule has 0 saturated heterocycles. The minimum atomic E-state index is -0.417. The lowest BCUT2D eigenvalue weighted by Crippen LogP contribution is -2.42. The first-order valence-electron chi connectivity index (χ1n) is 8.68. The molecule has 2 amide bonds.